The number of aliphatic hydroxyl groups excluding tert-OH is 1. The Bertz CT molecular complexity index is 695. The molecular weight excluding hydrogens is 313 g/mol. The van der Waals surface area contributed by atoms with Crippen LogP contribution in [0.15, 0.2) is 35.7 Å². The minimum Gasteiger partial charge on any atom is -0.386 e. The summed E-state index contributed by atoms with van der Waals surface area (Å²) < 4.78 is 39.0. The molecule has 1 aromatic carbocycles. The van der Waals surface area contributed by atoms with Crippen LogP contribution in [0.5, 0.6) is 0 Å². The van der Waals surface area contributed by atoms with Crippen LogP contribution in [0.1, 0.15) is 22.1 Å². The van der Waals surface area contributed by atoms with E-state index < -0.39 is 21.9 Å². The number of aliphatic hydroxyl groups is 1. The van der Waals surface area contributed by atoms with Crippen molar-refractivity contribution in [2.24, 2.45) is 0 Å². The van der Waals surface area contributed by atoms with Crippen LogP contribution in [0.3, 0.4) is 0 Å². The van der Waals surface area contributed by atoms with Gasteiger partial charge >= 0.3 is 0 Å². The molecule has 2 aromatic rings. The fraction of sp³-hybridized carbons (Fsp3) is 0.286. The lowest BCUT2D eigenvalue weighted by Crippen LogP contribution is -2.29. The van der Waals surface area contributed by atoms with Gasteiger partial charge in [-0.3, -0.25) is 0 Å². The standard InChI is InChI=1S/C14H16FNO3S2/c1-10-6-7-20-14(10)13(17)8-16-21(18,19)9-11-2-4-12(15)5-3-11/h2-7,13,16-17H,8-9H2,1H3/t13-/m0/s1. The van der Waals surface area contributed by atoms with Gasteiger partial charge in [-0.2, -0.15) is 0 Å². The molecule has 0 aliphatic carbocycles. The zero-order chi connectivity index (χ0) is 15.5. The number of nitrogens with one attached hydrogen (secondary N) is 1. The maximum Gasteiger partial charge on any atom is 0.215 e. The van der Waals surface area contributed by atoms with Crippen molar-refractivity contribution in [2.75, 3.05) is 6.54 Å². The van der Waals surface area contributed by atoms with Gasteiger partial charge in [0.1, 0.15) is 11.9 Å². The Hall–Kier alpha value is -1.28. The van der Waals surface area contributed by atoms with Crippen molar-refractivity contribution in [1.82, 2.24) is 4.72 Å². The van der Waals surface area contributed by atoms with Gasteiger partial charge in [0.15, 0.2) is 0 Å². The summed E-state index contributed by atoms with van der Waals surface area (Å²) in [5.41, 5.74) is 1.43. The molecule has 2 N–H and O–H groups in total. The van der Waals surface area contributed by atoms with Crippen LogP contribution >= 0.6 is 11.3 Å². The molecule has 7 heteroatoms. The third kappa shape index (κ3) is 4.60. The second-order valence-corrected chi connectivity index (χ2v) is 7.47. The number of thiophene rings is 1. The molecule has 114 valence electrons. The van der Waals surface area contributed by atoms with Crippen LogP contribution in [0.4, 0.5) is 4.39 Å². The third-order valence-corrected chi connectivity index (χ3v) is 5.41. The Kier molecular flexibility index (Phi) is 5.10. The first kappa shape index (κ1) is 16.1. The minimum atomic E-state index is -3.57. The number of sulfonamides is 1. The van der Waals surface area contributed by atoms with E-state index >= 15 is 0 Å². The summed E-state index contributed by atoms with van der Waals surface area (Å²) >= 11 is 1.39. The van der Waals surface area contributed by atoms with Gasteiger partial charge in [-0.25, -0.2) is 17.5 Å². The number of aryl methyl sites for hydroxylation is 1. The lowest BCUT2D eigenvalue weighted by Gasteiger charge is -2.12. The highest BCUT2D eigenvalue weighted by Gasteiger charge is 2.17. The van der Waals surface area contributed by atoms with Gasteiger partial charge in [-0.05, 0) is 41.6 Å². The lowest BCUT2D eigenvalue weighted by atomic mass is 10.2. The molecule has 0 bridgehead atoms. The molecular formula is C14H16FNO3S2. The third-order valence-electron chi connectivity index (χ3n) is 2.97. The molecule has 21 heavy (non-hydrogen) atoms. The number of rotatable bonds is 6. The maximum absolute atomic E-state index is 12.8. The van der Waals surface area contributed by atoms with Gasteiger partial charge < -0.3 is 5.11 Å². The average Bonchev–Trinajstić information content (AvgIpc) is 2.85. The Morgan fingerprint density at radius 3 is 2.52 bits per heavy atom. The van der Waals surface area contributed by atoms with E-state index in [1.54, 1.807) is 0 Å². The molecule has 2 rings (SSSR count). The van der Waals surface area contributed by atoms with Gasteiger partial charge in [-0.15, -0.1) is 11.3 Å². The van der Waals surface area contributed by atoms with Crippen LogP contribution < -0.4 is 4.72 Å². The van der Waals surface area contributed by atoms with Gasteiger partial charge in [0.25, 0.3) is 0 Å². The highest BCUT2D eigenvalue weighted by atomic mass is 32.2. The highest BCUT2D eigenvalue weighted by molar-refractivity contribution is 7.88. The van der Waals surface area contributed by atoms with Gasteiger partial charge in [0.2, 0.25) is 10.0 Å². The molecule has 0 saturated carbocycles. The smallest absolute Gasteiger partial charge is 0.215 e. The van der Waals surface area contributed by atoms with Crippen molar-refractivity contribution in [3.8, 4) is 0 Å². The average molecular weight is 329 g/mol. The zero-order valence-electron chi connectivity index (χ0n) is 11.4. The van der Waals surface area contributed by atoms with Crippen molar-refractivity contribution in [1.29, 1.82) is 0 Å². The topological polar surface area (TPSA) is 66.4 Å². The molecule has 0 unspecified atom stereocenters. The van der Waals surface area contributed by atoms with E-state index in [-0.39, 0.29) is 12.3 Å². The van der Waals surface area contributed by atoms with Gasteiger partial charge in [0.05, 0.1) is 5.75 Å². The van der Waals surface area contributed by atoms with Gasteiger partial charge in [-0.1, -0.05) is 12.1 Å². The van der Waals surface area contributed by atoms with E-state index in [1.807, 2.05) is 18.4 Å². The fourth-order valence-electron chi connectivity index (χ4n) is 1.88. The van der Waals surface area contributed by atoms with Crippen LogP contribution in [-0.4, -0.2) is 20.1 Å². The molecule has 0 spiro atoms. The summed E-state index contributed by atoms with van der Waals surface area (Å²) in [5.74, 6) is -0.656. The predicted octanol–water partition coefficient (Wildman–Crippen LogP) is 2.35. The summed E-state index contributed by atoms with van der Waals surface area (Å²) in [6.07, 6.45) is -0.868. The van der Waals surface area contributed by atoms with Crippen LogP contribution in [-0.2, 0) is 15.8 Å². The Balaban J connectivity index is 1.95. The van der Waals surface area contributed by atoms with Crippen LogP contribution in [0.25, 0.3) is 0 Å². The summed E-state index contributed by atoms with van der Waals surface area (Å²) in [7, 11) is -3.57. The Morgan fingerprint density at radius 2 is 1.95 bits per heavy atom. The van der Waals surface area contributed by atoms with E-state index in [9.17, 15) is 17.9 Å². The van der Waals surface area contributed by atoms with Crippen LogP contribution in [0.2, 0.25) is 0 Å². The number of halogens is 1. The number of benzene rings is 1. The molecule has 4 nitrogen and oxygen atoms in total. The van der Waals surface area contributed by atoms with E-state index in [0.29, 0.717) is 5.56 Å². The predicted molar refractivity (Wildman–Crippen MR) is 81.0 cm³/mol. The molecule has 0 fully saturated rings. The Labute approximate surface area is 127 Å². The number of hydrogen-bond donors (Lipinski definition) is 2. The molecule has 0 radical (unpaired) electrons. The van der Waals surface area contributed by atoms with E-state index in [2.05, 4.69) is 4.72 Å². The molecule has 0 aliphatic rings. The SMILES string of the molecule is Cc1ccsc1[C@@H](O)CNS(=O)(=O)Cc1ccc(F)cc1. The first-order chi connectivity index (χ1) is 9.87. The maximum atomic E-state index is 12.8. The van der Waals surface area contributed by atoms with Crippen molar-refractivity contribution in [3.05, 3.63) is 57.5 Å². The normalized spacial score (nSPS) is 13.3. The van der Waals surface area contributed by atoms with E-state index in [0.717, 1.165) is 10.4 Å². The monoisotopic (exact) mass is 329 g/mol. The van der Waals surface area contributed by atoms with Crippen molar-refractivity contribution >= 4 is 21.4 Å². The molecule has 1 aromatic heterocycles. The van der Waals surface area contributed by atoms with Crippen molar-refractivity contribution < 1.29 is 17.9 Å². The van der Waals surface area contributed by atoms with Crippen molar-refractivity contribution in [2.45, 2.75) is 18.8 Å². The second kappa shape index (κ2) is 6.65. The first-order valence-corrected chi connectivity index (χ1v) is 8.84. The molecule has 0 saturated heterocycles. The van der Waals surface area contributed by atoms with Crippen LogP contribution in [0, 0.1) is 12.7 Å². The quantitative estimate of drug-likeness (QED) is 0.855. The summed E-state index contributed by atoms with van der Waals surface area (Å²) in [6.45, 7) is 1.78. The molecule has 1 atom stereocenters. The van der Waals surface area contributed by atoms with Gasteiger partial charge in [0, 0.05) is 11.4 Å². The second-order valence-electron chi connectivity index (χ2n) is 4.72. The van der Waals surface area contributed by atoms with Crippen molar-refractivity contribution in [3.63, 3.8) is 0 Å². The molecule has 0 aliphatic heterocycles. The summed E-state index contributed by atoms with van der Waals surface area (Å²) in [6, 6.07) is 7.16. The highest BCUT2D eigenvalue weighted by Crippen LogP contribution is 2.23. The zero-order valence-corrected chi connectivity index (χ0v) is 13.0. The Morgan fingerprint density at radius 1 is 1.29 bits per heavy atom. The lowest BCUT2D eigenvalue weighted by molar-refractivity contribution is 0.185. The summed E-state index contributed by atoms with van der Waals surface area (Å²) in [4.78, 5) is 0.750. The number of hydrogen-bond acceptors (Lipinski definition) is 4. The first-order valence-electron chi connectivity index (χ1n) is 6.31. The largest absolute Gasteiger partial charge is 0.386 e. The summed E-state index contributed by atoms with van der Waals surface area (Å²) in [5, 5.41) is 11.8. The molecule has 0 amide bonds. The van der Waals surface area contributed by atoms with E-state index in [1.165, 1.54) is 35.6 Å². The molecule has 1 heterocycles. The minimum absolute atomic E-state index is 0.0785. The fourth-order valence-corrected chi connectivity index (χ4v) is 3.93. The van der Waals surface area contributed by atoms with E-state index in [4.69, 9.17) is 0 Å².